The molecular weight excluding hydrogens is 459 g/mol. The maximum Gasteiger partial charge on any atom is 0.416 e. The van der Waals surface area contributed by atoms with Crippen LogP contribution in [0.25, 0.3) is 0 Å². The van der Waals surface area contributed by atoms with Gasteiger partial charge in [-0.3, -0.25) is 9.69 Å². The third kappa shape index (κ3) is 3.75. The highest BCUT2D eigenvalue weighted by Gasteiger charge is 2.49. The maximum atomic E-state index is 13.7. The topological polar surface area (TPSA) is 73.1 Å². The van der Waals surface area contributed by atoms with Gasteiger partial charge in [-0.2, -0.15) is 18.2 Å². The molecule has 2 aliphatic rings. The SMILES string of the molecule is [CH2]c1cc2c(c(C(F)(F)F)c1)CN(c1cc(C3(c4nncn4C)CC(C)C3)cc(OCC)n1)C2=O. The number of alkyl halides is 3. The molecule has 0 spiro atoms. The monoisotopic (exact) mass is 484 g/mol. The number of fused-ring (bicyclic) bond motifs is 1. The second kappa shape index (κ2) is 8.07. The zero-order chi connectivity index (χ0) is 25.1. The average molecular weight is 485 g/mol. The van der Waals surface area contributed by atoms with Crippen molar-refractivity contribution in [2.45, 2.75) is 44.8 Å². The van der Waals surface area contributed by atoms with E-state index in [-0.39, 0.29) is 29.1 Å². The van der Waals surface area contributed by atoms with Crippen molar-refractivity contribution >= 4 is 11.7 Å². The molecule has 0 N–H and O–H groups in total. The summed E-state index contributed by atoms with van der Waals surface area (Å²) in [5.41, 5.74) is -0.400. The van der Waals surface area contributed by atoms with Crippen molar-refractivity contribution in [3.05, 3.63) is 71.2 Å². The first-order valence-electron chi connectivity index (χ1n) is 11.4. The number of aryl methyl sites for hydroxylation is 1. The number of ether oxygens (including phenoxy) is 1. The smallest absolute Gasteiger partial charge is 0.416 e. The Balaban J connectivity index is 1.62. The van der Waals surface area contributed by atoms with Crippen LogP contribution in [0.2, 0.25) is 0 Å². The number of halogens is 3. The molecule has 7 nitrogen and oxygen atoms in total. The van der Waals surface area contributed by atoms with Gasteiger partial charge in [0.2, 0.25) is 5.88 Å². The van der Waals surface area contributed by atoms with Crippen molar-refractivity contribution in [3.8, 4) is 5.88 Å². The zero-order valence-electron chi connectivity index (χ0n) is 19.7. The van der Waals surface area contributed by atoms with E-state index in [2.05, 4.69) is 29.0 Å². The van der Waals surface area contributed by atoms with Crippen LogP contribution in [-0.2, 0) is 25.2 Å². The Hall–Kier alpha value is -3.43. The highest BCUT2D eigenvalue weighted by Crippen LogP contribution is 2.52. The van der Waals surface area contributed by atoms with Crippen LogP contribution in [-0.4, -0.2) is 32.3 Å². The van der Waals surface area contributed by atoms with Gasteiger partial charge in [0, 0.05) is 18.7 Å². The summed E-state index contributed by atoms with van der Waals surface area (Å²) in [5, 5.41) is 8.41. The molecule has 3 heterocycles. The molecule has 0 unspecified atom stereocenters. The largest absolute Gasteiger partial charge is 0.478 e. The summed E-state index contributed by atoms with van der Waals surface area (Å²) < 4.78 is 48.8. The molecule has 1 saturated carbocycles. The van der Waals surface area contributed by atoms with E-state index in [9.17, 15) is 18.0 Å². The lowest BCUT2D eigenvalue weighted by Crippen LogP contribution is -2.43. The van der Waals surface area contributed by atoms with E-state index < -0.39 is 23.1 Å². The first-order valence-corrected chi connectivity index (χ1v) is 11.4. The first kappa shape index (κ1) is 23.3. The van der Waals surface area contributed by atoms with E-state index in [0.717, 1.165) is 30.3 Å². The molecule has 2 aromatic heterocycles. The number of benzene rings is 1. The number of carbonyl (C=O) groups is 1. The molecule has 1 radical (unpaired) electrons. The van der Waals surface area contributed by atoms with Crippen LogP contribution in [0.1, 0.15) is 65.1 Å². The molecule has 183 valence electrons. The van der Waals surface area contributed by atoms with Crippen molar-refractivity contribution in [1.82, 2.24) is 19.7 Å². The Morgan fingerprint density at radius 1 is 1.23 bits per heavy atom. The summed E-state index contributed by atoms with van der Waals surface area (Å²) >= 11 is 0. The number of aromatic nitrogens is 4. The summed E-state index contributed by atoms with van der Waals surface area (Å²) in [5.74, 6) is 1.23. The second-order valence-electron chi connectivity index (χ2n) is 9.40. The van der Waals surface area contributed by atoms with E-state index in [1.807, 2.05) is 24.6 Å². The van der Waals surface area contributed by atoms with Gasteiger partial charge in [-0.25, -0.2) is 0 Å². The molecule has 35 heavy (non-hydrogen) atoms. The van der Waals surface area contributed by atoms with Crippen LogP contribution >= 0.6 is 0 Å². The number of hydrogen-bond acceptors (Lipinski definition) is 5. The highest BCUT2D eigenvalue weighted by molar-refractivity contribution is 6.10. The van der Waals surface area contributed by atoms with E-state index in [1.54, 1.807) is 12.4 Å². The molecule has 1 amide bonds. The van der Waals surface area contributed by atoms with E-state index >= 15 is 0 Å². The molecule has 5 rings (SSSR count). The lowest BCUT2D eigenvalue weighted by atomic mass is 9.58. The van der Waals surface area contributed by atoms with Crippen LogP contribution in [0.15, 0.2) is 30.6 Å². The molecule has 1 fully saturated rings. The first-order chi connectivity index (χ1) is 16.5. The van der Waals surface area contributed by atoms with Crippen molar-refractivity contribution in [2.24, 2.45) is 13.0 Å². The number of rotatable bonds is 5. The highest BCUT2D eigenvalue weighted by atomic mass is 19.4. The van der Waals surface area contributed by atoms with E-state index in [1.165, 1.54) is 11.0 Å². The van der Waals surface area contributed by atoms with Crippen molar-refractivity contribution in [1.29, 1.82) is 0 Å². The van der Waals surface area contributed by atoms with Crippen molar-refractivity contribution in [2.75, 3.05) is 11.5 Å². The average Bonchev–Trinajstić information content (AvgIpc) is 3.33. The third-order valence-corrected chi connectivity index (χ3v) is 6.85. The van der Waals surface area contributed by atoms with Crippen LogP contribution in [0.5, 0.6) is 5.88 Å². The zero-order valence-corrected chi connectivity index (χ0v) is 19.7. The summed E-state index contributed by atoms with van der Waals surface area (Å²) in [4.78, 5) is 19.1. The minimum Gasteiger partial charge on any atom is -0.478 e. The van der Waals surface area contributed by atoms with E-state index in [0.29, 0.717) is 18.4 Å². The Labute approximate surface area is 200 Å². The standard InChI is InChI=1S/C25H25F3N5O2/c1-5-35-21-9-16(24(10-15(3)11-24)23-31-29-13-32(23)4)8-20(30-21)33-12-18-17(22(33)34)6-14(2)7-19(18)25(26,27)28/h6-9,13,15H,2,5,10-12H2,1,3-4H3. The van der Waals surface area contributed by atoms with E-state index in [4.69, 9.17) is 4.74 Å². The normalized spacial score (nSPS) is 21.7. The fourth-order valence-corrected chi connectivity index (χ4v) is 5.43. The maximum absolute atomic E-state index is 13.7. The third-order valence-electron chi connectivity index (χ3n) is 6.85. The Kier molecular flexibility index (Phi) is 5.37. The molecule has 10 heteroatoms. The second-order valence-corrected chi connectivity index (χ2v) is 9.40. The number of amides is 1. The molecule has 1 aromatic carbocycles. The molecule has 3 aromatic rings. The molecule has 0 atom stereocenters. The quantitative estimate of drug-likeness (QED) is 0.526. The summed E-state index contributed by atoms with van der Waals surface area (Å²) in [7, 11) is 1.88. The molecule has 0 saturated heterocycles. The minimum absolute atomic E-state index is 0.00438. The number of anilines is 1. The Bertz CT molecular complexity index is 1310. The van der Waals surface area contributed by atoms with Crippen LogP contribution < -0.4 is 9.64 Å². The fourth-order valence-electron chi connectivity index (χ4n) is 5.43. The lowest BCUT2D eigenvalue weighted by Gasteiger charge is -2.46. The Morgan fingerprint density at radius 2 is 1.97 bits per heavy atom. The predicted octanol–water partition coefficient (Wildman–Crippen LogP) is 4.69. The van der Waals surface area contributed by atoms with Gasteiger partial charge in [-0.1, -0.05) is 6.92 Å². The van der Waals surface area contributed by atoms with Crippen LogP contribution in [0, 0.1) is 12.8 Å². The summed E-state index contributed by atoms with van der Waals surface area (Å²) in [6, 6.07) is 5.97. The predicted molar refractivity (Wildman–Crippen MR) is 122 cm³/mol. The van der Waals surface area contributed by atoms with Crippen molar-refractivity contribution < 1.29 is 22.7 Å². The number of nitrogens with zero attached hydrogens (tertiary/aromatic N) is 5. The van der Waals surface area contributed by atoms with Crippen LogP contribution in [0.3, 0.4) is 0 Å². The van der Waals surface area contributed by atoms with Gasteiger partial charge in [0.15, 0.2) is 0 Å². The summed E-state index contributed by atoms with van der Waals surface area (Å²) in [6.07, 6.45) is -1.34. The lowest BCUT2D eigenvalue weighted by molar-refractivity contribution is -0.138. The van der Waals surface area contributed by atoms with Gasteiger partial charge in [-0.15, -0.1) is 10.2 Å². The van der Waals surface area contributed by atoms with Crippen LogP contribution in [0.4, 0.5) is 19.0 Å². The van der Waals surface area contributed by atoms with Gasteiger partial charge in [0.25, 0.3) is 5.91 Å². The molecule has 0 bridgehead atoms. The molecular formula is C25H25F3N5O2. The summed E-state index contributed by atoms with van der Waals surface area (Å²) in [6.45, 7) is 7.71. The number of pyridine rings is 1. The molecule has 1 aliphatic heterocycles. The Morgan fingerprint density at radius 3 is 2.57 bits per heavy atom. The number of hydrogen-bond donors (Lipinski definition) is 0. The van der Waals surface area contributed by atoms with Gasteiger partial charge in [-0.05, 0) is 67.5 Å². The van der Waals surface area contributed by atoms with Gasteiger partial charge in [0.05, 0.1) is 24.1 Å². The minimum atomic E-state index is -4.60. The number of carbonyl (C=O) groups excluding carboxylic acids is 1. The van der Waals surface area contributed by atoms with Gasteiger partial charge < -0.3 is 9.30 Å². The van der Waals surface area contributed by atoms with Gasteiger partial charge >= 0.3 is 6.18 Å². The van der Waals surface area contributed by atoms with Crippen molar-refractivity contribution in [3.63, 3.8) is 0 Å². The molecule has 1 aliphatic carbocycles. The fraction of sp³-hybridized carbons (Fsp3) is 0.400. The van der Waals surface area contributed by atoms with Gasteiger partial charge in [0.1, 0.15) is 18.0 Å².